The number of esters is 1. The number of carbonyl (C=O) groups excluding carboxylic acids is 1. The summed E-state index contributed by atoms with van der Waals surface area (Å²) in [6.07, 6.45) is 4.52. The highest BCUT2D eigenvalue weighted by atomic mass is 19.1. The van der Waals surface area contributed by atoms with Crippen LogP contribution in [0.2, 0.25) is 0 Å². The first-order valence-electron chi connectivity index (χ1n) is 11.3. The van der Waals surface area contributed by atoms with Crippen LogP contribution in [0.25, 0.3) is 28.1 Å². The predicted octanol–water partition coefficient (Wildman–Crippen LogP) is 4.36. The third-order valence-corrected chi connectivity index (χ3v) is 5.72. The minimum atomic E-state index is -0.471. The van der Waals surface area contributed by atoms with Crippen LogP contribution in [0.1, 0.15) is 28.4 Å². The number of aryl methyl sites for hydroxylation is 1. The Bertz CT molecular complexity index is 1580. The van der Waals surface area contributed by atoms with Crippen molar-refractivity contribution in [2.75, 3.05) is 13.7 Å². The molecule has 10 heteroatoms. The molecule has 3 heterocycles. The van der Waals surface area contributed by atoms with E-state index < -0.39 is 5.97 Å². The smallest absolute Gasteiger partial charge is 0.341 e. The first-order valence-corrected chi connectivity index (χ1v) is 11.3. The Hall–Kier alpha value is -4.60. The largest absolute Gasteiger partial charge is 0.479 e. The molecule has 0 fully saturated rings. The van der Waals surface area contributed by atoms with Gasteiger partial charge in [-0.1, -0.05) is 36.4 Å². The maximum atomic E-state index is 14.3. The summed E-state index contributed by atoms with van der Waals surface area (Å²) in [7, 11) is 1.52. The van der Waals surface area contributed by atoms with E-state index in [-0.39, 0.29) is 18.4 Å². The molecule has 0 aliphatic carbocycles. The van der Waals surface area contributed by atoms with Crippen LogP contribution in [0.3, 0.4) is 0 Å². The molecule has 0 bridgehead atoms. The molecular weight excluding hydrogens is 463 g/mol. The maximum Gasteiger partial charge on any atom is 0.341 e. The summed E-state index contributed by atoms with van der Waals surface area (Å²) in [5.74, 6) is -0.170. The second-order valence-corrected chi connectivity index (χ2v) is 8.09. The molecule has 36 heavy (non-hydrogen) atoms. The summed E-state index contributed by atoms with van der Waals surface area (Å²) < 4.78 is 28.0. The van der Waals surface area contributed by atoms with E-state index >= 15 is 0 Å². The Morgan fingerprint density at radius 2 is 1.89 bits per heavy atom. The summed E-state index contributed by atoms with van der Waals surface area (Å²) in [5, 5.41) is 8.66. The van der Waals surface area contributed by atoms with E-state index in [9.17, 15) is 9.18 Å². The number of halogens is 1. The van der Waals surface area contributed by atoms with E-state index in [1.165, 1.54) is 30.3 Å². The molecule has 5 aromatic rings. The highest BCUT2D eigenvalue weighted by molar-refractivity contribution is 5.88. The minimum Gasteiger partial charge on any atom is -0.479 e. The number of benzene rings is 2. The van der Waals surface area contributed by atoms with Crippen LogP contribution in [0.5, 0.6) is 5.88 Å². The lowest BCUT2D eigenvalue weighted by Crippen LogP contribution is -2.07. The molecule has 0 aliphatic rings. The number of ether oxygens (including phenoxy) is 2. The molecule has 182 valence electrons. The normalized spacial score (nSPS) is 11.1. The molecule has 0 aliphatic heterocycles. The summed E-state index contributed by atoms with van der Waals surface area (Å²) in [6.45, 7) is 4.40. The molecule has 0 spiro atoms. The van der Waals surface area contributed by atoms with E-state index in [2.05, 4.69) is 20.2 Å². The van der Waals surface area contributed by atoms with Gasteiger partial charge in [0.1, 0.15) is 16.9 Å². The van der Waals surface area contributed by atoms with Crippen molar-refractivity contribution in [1.29, 1.82) is 0 Å². The average molecular weight is 487 g/mol. The molecule has 5 rings (SSSR count). The summed E-state index contributed by atoms with van der Waals surface area (Å²) in [5.41, 5.74) is 4.82. The van der Waals surface area contributed by atoms with Crippen molar-refractivity contribution in [3.05, 3.63) is 83.6 Å². The molecule has 9 nitrogen and oxygen atoms in total. The lowest BCUT2D eigenvalue weighted by Gasteiger charge is -2.11. The van der Waals surface area contributed by atoms with E-state index in [4.69, 9.17) is 9.47 Å². The molecule has 2 aromatic carbocycles. The van der Waals surface area contributed by atoms with Crippen molar-refractivity contribution in [3.63, 3.8) is 0 Å². The van der Waals surface area contributed by atoms with Crippen molar-refractivity contribution < 1.29 is 18.7 Å². The van der Waals surface area contributed by atoms with E-state index in [0.29, 0.717) is 34.6 Å². The number of fused-ring (bicyclic) bond motifs is 1. The van der Waals surface area contributed by atoms with Crippen LogP contribution < -0.4 is 4.74 Å². The lowest BCUT2D eigenvalue weighted by atomic mass is 9.98. The molecule has 0 saturated carbocycles. The molecular formula is C26H23FN6O3. The Labute approximate surface area is 206 Å². The third-order valence-electron chi connectivity index (χ3n) is 5.72. The molecule has 0 radical (unpaired) electrons. The molecule has 0 saturated heterocycles. The summed E-state index contributed by atoms with van der Waals surface area (Å²) in [4.78, 5) is 21.0. The fourth-order valence-corrected chi connectivity index (χ4v) is 4.05. The molecule has 0 amide bonds. The average Bonchev–Trinajstić information content (AvgIpc) is 3.52. The van der Waals surface area contributed by atoms with Gasteiger partial charge in [0.15, 0.2) is 0 Å². The zero-order valence-electron chi connectivity index (χ0n) is 20.0. The van der Waals surface area contributed by atoms with Gasteiger partial charge in [0.05, 0.1) is 38.2 Å². The standard InChI is InChI=1S/C26H23FN6O3/c1-4-36-25(34)18-12-28-33(15-18)26-30-22-13-29-32(23(22)24(31-26)35-3)14-17-9-10-19(16(2)11-17)20-7-5-6-8-21(20)27/h5-13,15H,4,14H2,1-3H3. The van der Waals surface area contributed by atoms with Crippen LogP contribution in [-0.4, -0.2) is 49.2 Å². The van der Waals surface area contributed by atoms with Gasteiger partial charge in [-0.05, 0) is 36.6 Å². The van der Waals surface area contributed by atoms with Crippen molar-refractivity contribution in [3.8, 4) is 23.0 Å². The van der Waals surface area contributed by atoms with Crippen molar-refractivity contribution in [1.82, 2.24) is 29.5 Å². The van der Waals surface area contributed by atoms with Gasteiger partial charge >= 0.3 is 5.97 Å². The van der Waals surface area contributed by atoms with Gasteiger partial charge in [-0.25, -0.2) is 18.9 Å². The van der Waals surface area contributed by atoms with Gasteiger partial charge in [-0.3, -0.25) is 4.68 Å². The van der Waals surface area contributed by atoms with Crippen LogP contribution in [0, 0.1) is 12.7 Å². The summed E-state index contributed by atoms with van der Waals surface area (Å²) in [6, 6.07) is 12.6. The molecule has 0 N–H and O–H groups in total. The number of nitrogens with zero attached hydrogens (tertiary/aromatic N) is 6. The Morgan fingerprint density at radius 3 is 2.64 bits per heavy atom. The summed E-state index contributed by atoms with van der Waals surface area (Å²) >= 11 is 0. The fraction of sp³-hybridized carbons (Fsp3) is 0.192. The maximum absolute atomic E-state index is 14.3. The first kappa shape index (κ1) is 23.2. The van der Waals surface area contributed by atoms with E-state index in [1.54, 1.807) is 29.9 Å². The Kier molecular flexibility index (Phi) is 6.16. The Balaban J connectivity index is 1.46. The van der Waals surface area contributed by atoms with Gasteiger partial charge in [0.2, 0.25) is 5.88 Å². The van der Waals surface area contributed by atoms with Gasteiger partial charge in [-0.15, -0.1) is 0 Å². The highest BCUT2D eigenvalue weighted by Crippen LogP contribution is 2.28. The minimum absolute atomic E-state index is 0.236. The SMILES string of the molecule is CCOC(=O)c1cnn(-c2nc(OC)c3c(cnn3Cc3ccc(-c4ccccc4F)c(C)c3)n2)c1. The first-order chi connectivity index (χ1) is 17.5. The van der Waals surface area contributed by atoms with Crippen molar-refractivity contribution in [2.45, 2.75) is 20.4 Å². The molecule has 0 unspecified atom stereocenters. The number of rotatable bonds is 7. The Morgan fingerprint density at radius 1 is 1.06 bits per heavy atom. The van der Waals surface area contributed by atoms with Crippen molar-refractivity contribution >= 4 is 17.0 Å². The van der Waals surface area contributed by atoms with E-state index in [0.717, 1.165) is 16.7 Å². The van der Waals surface area contributed by atoms with Gasteiger partial charge < -0.3 is 9.47 Å². The lowest BCUT2D eigenvalue weighted by molar-refractivity contribution is 0.0526. The third kappa shape index (κ3) is 4.28. The highest BCUT2D eigenvalue weighted by Gasteiger charge is 2.18. The zero-order valence-corrected chi connectivity index (χ0v) is 20.0. The van der Waals surface area contributed by atoms with Gasteiger partial charge in [0.25, 0.3) is 5.95 Å². The fourth-order valence-electron chi connectivity index (χ4n) is 4.05. The number of carbonyl (C=O) groups is 1. The number of aromatic nitrogens is 6. The monoisotopic (exact) mass is 486 g/mol. The second-order valence-electron chi connectivity index (χ2n) is 8.09. The van der Waals surface area contributed by atoms with Crippen LogP contribution in [0.15, 0.2) is 61.1 Å². The van der Waals surface area contributed by atoms with Crippen LogP contribution in [-0.2, 0) is 11.3 Å². The molecule has 0 atom stereocenters. The van der Waals surface area contributed by atoms with Crippen molar-refractivity contribution in [2.24, 2.45) is 0 Å². The van der Waals surface area contributed by atoms with E-state index in [1.807, 2.05) is 31.2 Å². The van der Waals surface area contributed by atoms with Crippen LogP contribution in [0.4, 0.5) is 4.39 Å². The second kappa shape index (κ2) is 9.57. The zero-order chi connectivity index (χ0) is 25.2. The quantitative estimate of drug-likeness (QED) is 0.315. The van der Waals surface area contributed by atoms with Gasteiger partial charge in [-0.2, -0.15) is 15.2 Å². The van der Waals surface area contributed by atoms with Crippen LogP contribution >= 0.6 is 0 Å². The number of hydrogen-bond donors (Lipinski definition) is 0. The molecule has 3 aromatic heterocycles. The topological polar surface area (TPSA) is 97.0 Å². The number of hydrogen-bond acceptors (Lipinski definition) is 7. The van der Waals surface area contributed by atoms with Gasteiger partial charge in [0, 0.05) is 11.8 Å². The predicted molar refractivity (Wildman–Crippen MR) is 131 cm³/mol. The number of methoxy groups -OCH3 is 1.